The van der Waals surface area contributed by atoms with E-state index in [0.717, 1.165) is 31.5 Å². The van der Waals surface area contributed by atoms with E-state index in [0.29, 0.717) is 6.54 Å². The second-order valence-electron chi connectivity index (χ2n) is 5.80. The first kappa shape index (κ1) is 16.2. The van der Waals surface area contributed by atoms with Crippen molar-refractivity contribution in [2.75, 3.05) is 32.2 Å². The lowest BCUT2D eigenvalue weighted by molar-refractivity contribution is 0.177. The van der Waals surface area contributed by atoms with Crippen molar-refractivity contribution in [2.45, 2.75) is 19.4 Å². The Morgan fingerprint density at radius 3 is 2.86 bits per heavy atom. The summed E-state index contributed by atoms with van der Waals surface area (Å²) in [5.41, 5.74) is 0.980. The quantitative estimate of drug-likeness (QED) is 0.835. The van der Waals surface area contributed by atoms with E-state index in [4.69, 9.17) is 4.74 Å². The van der Waals surface area contributed by atoms with E-state index in [1.807, 2.05) is 0 Å². The fraction of sp³-hybridized carbons (Fsp3) is 0.600. The van der Waals surface area contributed by atoms with E-state index in [1.165, 1.54) is 19.4 Å². The molecular formula is C15H22FNO3S. The van der Waals surface area contributed by atoms with Gasteiger partial charge < -0.3 is 4.74 Å². The number of rotatable bonds is 5. The summed E-state index contributed by atoms with van der Waals surface area (Å²) < 4.78 is 41.2. The summed E-state index contributed by atoms with van der Waals surface area (Å²) in [6, 6.07) is 4.86. The maximum absolute atomic E-state index is 13.4. The molecule has 0 radical (unpaired) electrons. The van der Waals surface area contributed by atoms with E-state index in [-0.39, 0.29) is 23.2 Å². The molecule has 1 atom stereocenters. The molecule has 1 aromatic rings. The summed E-state index contributed by atoms with van der Waals surface area (Å²) in [6.45, 7) is 2.41. The zero-order valence-corrected chi connectivity index (χ0v) is 13.3. The standard InChI is InChI=1S/C15H22FNO3S/c1-20-15-8-12(5-6-14(15)16)9-17-7-3-4-13(10-17)11-21(2,18)19/h5-6,8,13H,3-4,7,9-11H2,1-2H3/t13-/m0/s1. The van der Waals surface area contributed by atoms with Gasteiger partial charge in [-0.05, 0) is 43.0 Å². The molecule has 0 saturated carbocycles. The molecule has 118 valence electrons. The molecule has 1 heterocycles. The lowest BCUT2D eigenvalue weighted by Gasteiger charge is -2.32. The molecule has 1 aliphatic rings. The molecule has 0 aromatic heterocycles. The minimum Gasteiger partial charge on any atom is -0.494 e. The third-order valence-electron chi connectivity index (χ3n) is 3.76. The third kappa shape index (κ3) is 4.97. The van der Waals surface area contributed by atoms with Crippen LogP contribution < -0.4 is 4.74 Å². The molecule has 1 fully saturated rings. The van der Waals surface area contributed by atoms with Crippen LogP contribution in [0.2, 0.25) is 0 Å². The van der Waals surface area contributed by atoms with Crippen LogP contribution in [0.15, 0.2) is 18.2 Å². The highest BCUT2D eigenvalue weighted by molar-refractivity contribution is 7.90. The van der Waals surface area contributed by atoms with E-state index in [2.05, 4.69) is 4.90 Å². The third-order valence-corrected chi connectivity index (χ3v) is 4.84. The maximum Gasteiger partial charge on any atom is 0.165 e. The van der Waals surface area contributed by atoms with Crippen LogP contribution in [0.25, 0.3) is 0 Å². The van der Waals surface area contributed by atoms with Crippen LogP contribution in [0.1, 0.15) is 18.4 Å². The Morgan fingerprint density at radius 1 is 1.43 bits per heavy atom. The Balaban J connectivity index is 1.99. The Hall–Kier alpha value is -1.14. The summed E-state index contributed by atoms with van der Waals surface area (Å²) in [4.78, 5) is 2.23. The van der Waals surface area contributed by atoms with Gasteiger partial charge in [-0.2, -0.15) is 0 Å². The molecule has 1 aliphatic heterocycles. The highest BCUT2D eigenvalue weighted by atomic mass is 32.2. The van der Waals surface area contributed by atoms with Gasteiger partial charge in [0.1, 0.15) is 9.84 Å². The van der Waals surface area contributed by atoms with Crippen molar-refractivity contribution in [1.29, 1.82) is 0 Å². The Morgan fingerprint density at radius 2 is 2.19 bits per heavy atom. The van der Waals surface area contributed by atoms with E-state index in [9.17, 15) is 12.8 Å². The number of hydrogen-bond donors (Lipinski definition) is 0. The van der Waals surface area contributed by atoms with Gasteiger partial charge >= 0.3 is 0 Å². The molecule has 0 N–H and O–H groups in total. The number of ether oxygens (including phenoxy) is 1. The van der Waals surface area contributed by atoms with Crippen LogP contribution in [0, 0.1) is 11.7 Å². The Kier molecular flexibility index (Phi) is 5.22. The largest absolute Gasteiger partial charge is 0.494 e. The molecule has 0 bridgehead atoms. The summed E-state index contributed by atoms with van der Waals surface area (Å²) in [5, 5.41) is 0. The fourth-order valence-corrected chi connectivity index (χ4v) is 4.05. The van der Waals surface area contributed by atoms with E-state index >= 15 is 0 Å². The average molecular weight is 315 g/mol. The number of halogens is 1. The predicted molar refractivity (Wildman–Crippen MR) is 80.7 cm³/mol. The number of sulfone groups is 1. The zero-order chi connectivity index (χ0) is 15.5. The summed E-state index contributed by atoms with van der Waals surface area (Å²) in [6.07, 6.45) is 3.24. The second kappa shape index (κ2) is 6.75. The fourth-order valence-electron chi connectivity index (χ4n) is 2.92. The van der Waals surface area contributed by atoms with Crippen molar-refractivity contribution >= 4 is 9.84 Å². The second-order valence-corrected chi connectivity index (χ2v) is 7.99. The first-order chi connectivity index (χ1) is 9.87. The van der Waals surface area contributed by atoms with Gasteiger partial charge in [0, 0.05) is 19.3 Å². The van der Waals surface area contributed by atoms with Gasteiger partial charge in [-0.15, -0.1) is 0 Å². The molecule has 0 amide bonds. The Labute approximate surface area is 125 Å². The number of nitrogens with zero attached hydrogens (tertiary/aromatic N) is 1. The molecule has 6 heteroatoms. The van der Waals surface area contributed by atoms with Crippen molar-refractivity contribution in [3.05, 3.63) is 29.6 Å². The smallest absolute Gasteiger partial charge is 0.165 e. The van der Waals surface area contributed by atoms with Gasteiger partial charge in [0.15, 0.2) is 11.6 Å². The minimum absolute atomic E-state index is 0.191. The van der Waals surface area contributed by atoms with Crippen molar-refractivity contribution in [2.24, 2.45) is 5.92 Å². The normalized spacial score (nSPS) is 20.4. The molecule has 1 saturated heterocycles. The number of methoxy groups -OCH3 is 1. The summed E-state index contributed by atoms with van der Waals surface area (Å²) in [5.74, 6) is 0.319. The summed E-state index contributed by atoms with van der Waals surface area (Å²) >= 11 is 0. The van der Waals surface area contributed by atoms with Gasteiger partial charge in [-0.25, -0.2) is 12.8 Å². The van der Waals surface area contributed by atoms with Crippen LogP contribution in [0.5, 0.6) is 5.75 Å². The van der Waals surface area contributed by atoms with E-state index < -0.39 is 9.84 Å². The molecule has 4 nitrogen and oxygen atoms in total. The molecule has 0 aliphatic carbocycles. The Bertz CT molecular complexity index is 589. The molecule has 0 spiro atoms. The van der Waals surface area contributed by atoms with Gasteiger partial charge in [0.25, 0.3) is 0 Å². The zero-order valence-electron chi connectivity index (χ0n) is 12.5. The maximum atomic E-state index is 13.4. The first-order valence-corrected chi connectivity index (χ1v) is 9.16. The number of likely N-dealkylation sites (tertiary alicyclic amines) is 1. The minimum atomic E-state index is -2.93. The number of piperidine rings is 1. The SMILES string of the molecule is COc1cc(CN2CCC[C@H](CS(C)(=O)=O)C2)ccc1F. The average Bonchev–Trinajstić information content (AvgIpc) is 2.39. The number of hydrogen-bond acceptors (Lipinski definition) is 4. The lowest BCUT2D eigenvalue weighted by atomic mass is 9.99. The predicted octanol–water partition coefficient (Wildman–Crippen LogP) is 2.09. The van der Waals surface area contributed by atoms with Gasteiger partial charge in [0.05, 0.1) is 12.9 Å². The first-order valence-electron chi connectivity index (χ1n) is 7.10. The topological polar surface area (TPSA) is 46.6 Å². The van der Waals surface area contributed by atoms with Crippen molar-refractivity contribution in [1.82, 2.24) is 4.90 Å². The molecule has 1 aromatic carbocycles. The molecule has 0 unspecified atom stereocenters. The monoisotopic (exact) mass is 315 g/mol. The van der Waals surface area contributed by atoms with Crippen molar-refractivity contribution in [3.8, 4) is 5.75 Å². The molecule has 21 heavy (non-hydrogen) atoms. The van der Waals surface area contributed by atoms with E-state index in [1.54, 1.807) is 12.1 Å². The van der Waals surface area contributed by atoms with Crippen molar-refractivity contribution < 1.29 is 17.5 Å². The summed E-state index contributed by atoms with van der Waals surface area (Å²) in [7, 11) is -1.48. The van der Waals surface area contributed by atoms with Crippen LogP contribution in [-0.2, 0) is 16.4 Å². The van der Waals surface area contributed by atoms with Crippen LogP contribution >= 0.6 is 0 Å². The molecular weight excluding hydrogens is 293 g/mol. The highest BCUT2D eigenvalue weighted by Gasteiger charge is 2.23. The van der Waals surface area contributed by atoms with Crippen LogP contribution in [0.4, 0.5) is 4.39 Å². The van der Waals surface area contributed by atoms with Crippen LogP contribution in [-0.4, -0.2) is 45.5 Å². The molecule has 2 rings (SSSR count). The van der Waals surface area contributed by atoms with Gasteiger partial charge in [0.2, 0.25) is 0 Å². The van der Waals surface area contributed by atoms with Crippen molar-refractivity contribution in [3.63, 3.8) is 0 Å². The van der Waals surface area contributed by atoms with Gasteiger partial charge in [-0.3, -0.25) is 4.90 Å². The van der Waals surface area contributed by atoms with Crippen LogP contribution in [0.3, 0.4) is 0 Å². The number of benzene rings is 1. The van der Waals surface area contributed by atoms with Gasteiger partial charge in [-0.1, -0.05) is 6.07 Å². The lowest BCUT2D eigenvalue weighted by Crippen LogP contribution is -2.37. The highest BCUT2D eigenvalue weighted by Crippen LogP contribution is 2.23.